The highest BCUT2D eigenvalue weighted by Crippen LogP contribution is 2.53. The largest absolute Gasteiger partial charge is 0.309 e. The smallest absolute Gasteiger partial charge is 0.172 e. The van der Waals surface area contributed by atoms with Crippen molar-refractivity contribution in [3.63, 3.8) is 0 Å². The first kappa shape index (κ1) is 14.5. The molecule has 3 aromatic carbocycles. The van der Waals surface area contributed by atoms with Crippen LogP contribution in [0.3, 0.4) is 0 Å². The van der Waals surface area contributed by atoms with E-state index in [-0.39, 0.29) is 0 Å². The van der Waals surface area contributed by atoms with Gasteiger partial charge in [0.2, 0.25) is 0 Å². The van der Waals surface area contributed by atoms with Crippen molar-refractivity contribution < 1.29 is 4.57 Å². The van der Waals surface area contributed by atoms with E-state index in [2.05, 4.69) is 63.2 Å². The highest BCUT2D eigenvalue weighted by Gasteiger charge is 2.41. The Morgan fingerprint density at radius 3 is 2.22 bits per heavy atom. The maximum atomic E-state index is 14.4. The fourth-order valence-electron chi connectivity index (χ4n) is 3.72. The van der Waals surface area contributed by atoms with Crippen molar-refractivity contribution in [2.45, 2.75) is 20.8 Å². The van der Waals surface area contributed by atoms with Crippen LogP contribution in [0.25, 0.3) is 11.1 Å². The molecule has 0 saturated heterocycles. The van der Waals surface area contributed by atoms with E-state index in [4.69, 9.17) is 0 Å². The van der Waals surface area contributed by atoms with Crippen LogP contribution in [0, 0.1) is 20.8 Å². The average Bonchev–Trinajstić information content (AvgIpc) is 2.79. The number of hydrogen-bond acceptors (Lipinski definition) is 1. The lowest BCUT2D eigenvalue weighted by Crippen LogP contribution is -2.24. The Kier molecular flexibility index (Phi) is 3.11. The van der Waals surface area contributed by atoms with Crippen LogP contribution < -0.4 is 15.9 Å². The molecule has 0 amide bonds. The summed E-state index contributed by atoms with van der Waals surface area (Å²) in [5, 5.41) is 2.98. The molecule has 0 N–H and O–H groups in total. The lowest BCUT2D eigenvalue weighted by molar-refractivity contribution is 0.593. The van der Waals surface area contributed by atoms with Crippen LogP contribution in [0.4, 0.5) is 0 Å². The van der Waals surface area contributed by atoms with Crippen LogP contribution in [-0.2, 0) is 4.57 Å². The summed E-state index contributed by atoms with van der Waals surface area (Å²) in [6.45, 7) is 6.22. The Hall–Kier alpha value is -2.11. The second-order valence-electron chi connectivity index (χ2n) is 6.39. The van der Waals surface area contributed by atoms with Gasteiger partial charge in [0.15, 0.2) is 7.14 Å². The van der Waals surface area contributed by atoms with Gasteiger partial charge in [0, 0.05) is 15.9 Å². The number of rotatable bonds is 1. The van der Waals surface area contributed by atoms with Crippen molar-refractivity contribution >= 4 is 23.1 Å². The third-order valence-electron chi connectivity index (χ3n) is 4.79. The maximum Gasteiger partial charge on any atom is 0.172 e. The average molecular weight is 318 g/mol. The van der Waals surface area contributed by atoms with E-state index in [9.17, 15) is 4.57 Å². The van der Waals surface area contributed by atoms with Gasteiger partial charge in [-0.1, -0.05) is 60.2 Å². The fourth-order valence-corrected chi connectivity index (χ4v) is 7.24. The van der Waals surface area contributed by atoms with Crippen LogP contribution in [-0.4, -0.2) is 0 Å². The summed E-state index contributed by atoms with van der Waals surface area (Å²) >= 11 is 0. The van der Waals surface area contributed by atoms with E-state index in [1.165, 1.54) is 5.56 Å². The van der Waals surface area contributed by atoms with E-state index in [0.29, 0.717) is 0 Å². The minimum atomic E-state index is -2.80. The normalized spacial score (nSPS) is 18.6. The summed E-state index contributed by atoms with van der Waals surface area (Å²) < 4.78 is 14.4. The first-order chi connectivity index (χ1) is 11.0. The molecule has 114 valence electrons. The van der Waals surface area contributed by atoms with Gasteiger partial charge in [0.1, 0.15) is 0 Å². The summed E-state index contributed by atoms with van der Waals surface area (Å²) in [7, 11) is -2.80. The summed E-state index contributed by atoms with van der Waals surface area (Å²) in [5.41, 5.74) is 5.68. The van der Waals surface area contributed by atoms with Crippen LogP contribution >= 0.6 is 7.14 Å². The van der Waals surface area contributed by atoms with E-state index >= 15 is 0 Å². The van der Waals surface area contributed by atoms with Crippen molar-refractivity contribution in [3.05, 3.63) is 77.4 Å². The summed E-state index contributed by atoms with van der Waals surface area (Å²) in [6.07, 6.45) is 0. The standard InChI is InChI=1S/C21H19OP/c1-14-11-12-20-18(13-14)17-9-6-8-16(3)21(17)23(20,22)19-10-5-4-7-15(19)2/h4-13H,1-3H3/t23-/m0/s1. The maximum absolute atomic E-state index is 14.4. The van der Waals surface area contributed by atoms with E-state index in [0.717, 1.165) is 38.2 Å². The molecule has 0 unspecified atom stereocenters. The van der Waals surface area contributed by atoms with Crippen molar-refractivity contribution in [2.24, 2.45) is 0 Å². The van der Waals surface area contributed by atoms with Crippen LogP contribution in [0.5, 0.6) is 0 Å². The Bertz CT molecular complexity index is 985. The fraction of sp³-hybridized carbons (Fsp3) is 0.143. The second-order valence-corrected chi connectivity index (χ2v) is 9.02. The first-order valence-corrected chi connectivity index (χ1v) is 9.62. The summed E-state index contributed by atoms with van der Waals surface area (Å²) in [4.78, 5) is 0. The molecule has 4 rings (SSSR count). The summed E-state index contributed by atoms with van der Waals surface area (Å²) in [5.74, 6) is 0. The van der Waals surface area contributed by atoms with Gasteiger partial charge < -0.3 is 4.57 Å². The van der Waals surface area contributed by atoms with Crippen molar-refractivity contribution in [3.8, 4) is 11.1 Å². The Morgan fingerprint density at radius 2 is 1.43 bits per heavy atom. The van der Waals surface area contributed by atoms with Gasteiger partial charge in [0.05, 0.1) is 0 Å². The molecule has 1 nitrogen and oxygen atoms in total. The first-order valence-electron chi connectivity index (χ1n) is 7.91. The SMILES string of the molecule is Cc1ccc2c(c1)-c1cccc(C)c1[P@]2(=O)c1ccccc1C. The van der Waals surface area contributed by atoms with Gasteiger partial charge in [-0.3, -0.25) is 0 Å². The molecule has 0 fully saturated rings. The van der Waals surface area contributed by atoms with Crippen molar-refractivity contribution in [1.82, 2.24) is 0 Å². The predicted molar refractivity (Wildman–Crippen MR) is 99.0 cm³/mol. The zero-order valence-corrected chi connectivity index (χ0v) is 14.5. The highest BCUT2D eigenvalue weighted by atomic mass is 31.2. The van der Waals surface area contributed by atoms with Gasteiger partial charge in [0.25, 0.3) is 0 Å². The zero-order valence-electron chi connectivity index (χ0n) is 13.6. The van der Waals surface area contributed by atoms with E-state index < -0.39 is 7.14 Å². The molecule has 0 saturated carbocycles. The van der Waals surface area contributed by atoms with Crippen LogP contribution in [0.2, 0.25) is 0 Å². The lowest BCUT2D eigenvalue weighted by Gasteiger charge is -2.19. The monoisotopic (exact) mass is 318 g/mol. The third-order valence-corrected chi connectivity index (χ3v) is 8.26. The molecular weight excluding hydrogens is 299 g/mol. The number of aryl methyl sites for hydroxylation is 3. The van der Waals surface area contributed by atoms with Crippen LogP contribution in [0.1, 0.15) is 16.7 Å². The van der Waals surface area contributed by atoms with Crippen molar-refractivity contribution in [2.75, 3.05) is 0 Å². The molecule has 23 heavy (non-hydrogen) atoms. The quantitative estimate of drug-likeness (QED) is 0.480. The molecule has 2 heteroatoms. The molecular formula is C21H19OP. The minimum Gasteiger partial charge on any atom is -0.309 e. The van der Waals surface area contributed by atoms with E-state index in [1.54, 1.807) is 0 Å². The second kappa shape index (κ2) is 4.94. The topological polar surface area (TPSA) is 17.1 Å². The molecule has 0 aromatic heterocycles. The molecule has 0 bridgehead atoms. The molecule has 0 spiro atoms. The van der Waals surface area contributed by atoms with E-state index in [1.807, 2.05) is 18.2 Å². The summed E-state index contributed by atoms with van der Waals surface area (Å²) in [6, 6.07) is 20.6. The van der Waals surface area contributed by atoms with Gasteiger partial charge in [-0.25, -0.2) is 0 Å². The number of fused-ring (bicyclic) bond motifs is 3. The molecule has 1 atom stereocenters. The van der Waals surface area contributed by atoms with Gasteiger partial charge in [-0.2, -0.15) is 0 Å². The molecule has 1 aliphatic heterocycles. The van der Waals surface area contributed by atoms with Crippen LogP contribution in [0.15, 0.2) is 60.7 Å². The Morgan fingerprint density at radius 1 is 0.696 bits per heavy atom. The number of benzene rings is 3. The number of hydrogen-bond donors (Lipinski definition) is 0. The Balaban J connectivity index is 2.18. The van der Waals surface area contributed by atoms with Gasteiger partial charge >= 0.3 is 0 Å². The van der Waals surface area contributed by atoms with Gasteiger partial charge in [-0.05, 0) is 49.1 Å². The molecule has 1 aliphatic rings. The lowest BCUT2D eigenvalue weighted by atomic mass is 10.0. The molecule has 1 heterocycles. The van der Waals surface area contributed by atoms with Crippen molar-refractivity contribution in [1.29, 1.82) is 0 Å². The third kappa shape index (κ3) is 1.90. The predicted octanol–water partition coefficient (Wildman–Crippen LogP) is 4.23. The molecule has 0 radical (unpaired) electrons. The van der Waals surface area contributed by atoms with Gasteiger partial charge in [-0.15, -0.1) is 0 Å². The molecule has 0 aliphatic carbocycles. The Labute approximate surface area is 137 Å². The minimum absolute atomic E-state index is 0.971. The zero-order chi connectivity index (χ0) is 16.2. The highest BCUT2D eigenvalue weighted by molar-refractivity contribution is 7.86. The molecule has 3 aromatic rings.